The molecule has 0 amide bonds. The van der Waals surface area contributed by atoms with Gasteiger partial charge in [-0.15, -0.1) is 11.3 Å². The minimum absolute atomic E-state index is 0.471. The molecule has 0 spiro atoms. The van der Waals surface area contributed by atoms with Crippen molar-refractivity contribution in [3.05, 3.63) is 33.6 Å². The molecule has 2 heterocycles. The first kappa shape index (κ1) is 15.2. The van der Waals surface area contributed by atoms with Crippen molar-refractivity contribution < 1.29 is 9.26 Å². The van der Waals surface area contributed by atoms with Gasteiger partial charge < -0.3 is 14.6 Å². The molecule has 0 bridgehead atoms. The SMILES string of the molecule is CCCNCc1cc(COCCc2scnc2C)on1. The lowest BCUT2D eigenvalue weighted by atomic mass is 10.3. The van der Waals surface area contributed by atoms with E-state index in [1.165, 1.54) is 4.88 Å². The molecule has 1 N–H and O–H groups in total. The first-order chi connectivity index (χ1) is 9.79. The first-order valence-corrected chi connectivity index (χ1v) is 7.79. The van der Waals surface area contributed by atoms with Crippen LogP contribution in [0, 0.1) is 6.92 Å². The van der Waals surface area contributed by atoms with Crippen LogP contribution in [0.5, 0.6) is 0 Å². The minimum atomic E-state index is 0.471. The lowest BCUT2D eigenvalue weighted by molar-refractivity contribution is 0.104. The van der Waals surface area contributed by atoms with Crippen molar-refractivity contribution in [1.82, 2.24) is 15.5 Å². The third-order valence-corrected chi connectivity index (χ3v) is 3.90. The summed E-state index contributed by atoms with van der Waals surface area (Å²) < 4.78 is 10.8. The van der Waals surface area contributed by atoms with Crippen molar-refractivity contribution in [2.24, 2.45) is 0 Å². The zero-order valence-corrected chi connectivity index (χ0v) is 12.8. The van der Waals surface area contributed by atoms with E-state index in [-0.39, 0.29) is 0 Å². The maximum atomic E-state index is 5.61. The quantitative estimate of drug-likeness (QED) is 0.721. The van der Waals surface area contributed by atoms with Crippen molar-refractivity contribution in [1.29, 1.82) is 0 Å². The lowest BCUT2D eigenvalue weighted by Crippen LogP contribution is -2.13. The van der Waals surface area contributed by atoms with E-state index in [1.54, 1.807) is 11.3 Å². The molecule has 110 valence electrons. The van der Waals surface area contributed by atoms with E-state index in [2.05, 4.69) is 22.4 Å². The number of ether oxygens (including phenoxy) is 1. The van der Waals surface area contributed by atoms with E-state index < -0.39 is 0 Å². The van der Waals surface area contributed by atoms with Crippen LogP contribution in [0.1, 0.15) is 35.4 Å². The molecule has 0 radical (unpaired) electrons. The lowest BCUT2D eigenvalue weighted by Gasteiger charge is -2.00. The fourth-order valence-corrected chi connectivity index (χ4v) is 2.57. The molecule has 0 aromatic carbocycles. The van der Waals surface area contributed by atoms with Crippen LogP contribution >= 0.6 is 11.3 Å². The van der Waals surface area contributed by atoms with Gasteiger partial charge in [-0.2, -0.15) is 0 Å². The van der Waals surface area contributed by atoms with Gasteiger partial charge >= 0.3 is 0 Å². The van der Waals surface area contributed by atoms with E-state index in [0.717, 1.165) is 43.1 Å². The van der Waals surface area contributed by atoms with Gasteiger partial charge in [0.2, 0.25) is 0 Å². The van der Waals surface area contributed by atoms with E-state index >= 15 is 0 Å². The normalized spacial score (nSPS) is 11.1. The molecule has 5 nitrogen and oxygen atoms in total. The standard InChI is InChI=1S/C14H21N3O2S/c1-3-5-15-8-12-7-13(19-17-12)9-18-6-4-14-11(2)16-10-20-14/h7,10,15H,3-6,8-9H2,1-2H3. The molecule has 0 aliphatic rings. The average Bonchev–Trinajstić information content (AvgIpc) is 3.05. The van der Waals surface area contributed by atoms with Crippen LogP contribution in [0.15, 0.2) is 16.1 Å². The van der Waals surface area contributed by atoms with Gasteiger partial charge in [-0.25, -0.2) is 4.98 Å². The van der Waals surface area contributed by atoms with E-state index in [1.807, 2.05) is 18.5 Å². The number of hydrogen-bond acceptors (Lipinski definition) is 6. The molecule has 0 unspecified atom stereocenters. The number of rotatable bonds is 9. The van der Waals surface area contributed by atoms with Gasteiger partial charge in [0, 0.05) is 23.9 Å². The Kier molecular flexibility index (Phi) is 6.17. The van der Waals surface area contributed by atoms with E-state index in [0.29, 0.717) is 13.2 Å². The van der Waals surface area contributed by atoms with Crippen LogP contribution in [0.3, 0.4) is 0 Å². The summed E-state index contributed by atoms with van der Waals surface area (Å²) in [6.45, 7) is 7.05. The molecule has 0 saturated heterocycles. The fraction of sp³-hybridized carbons (Fsp3) is 0.571. The van der Waals surface area contributed by atoms with Crippen molar-refractivity contribution in [3.8, 4) is 0 Å². The summed E-state index contributed by atoms with van der Waals surface area (Å²) in [4.78, 5) is 5.50. The Morgan fingerprint density at radius 2 is 2.35 bits per heavy atom. The Labute approximate surface area is 123 Å². The second-order valence-electron chi connectivity index (χ2n) is 4.62. The number of nitrogens with zero attached hydrogens (tertiary/aromatic N) is 2. The minimum Gasteiger partial charge on any atom is -0.373 e. The van der Waals surface area contributed by atoms with Crippen LogP contribution in [0.25, 0.3) is 0 Å². The number of nitrogens with one attached hydrogen (secondary N) is 1. The number of hydrogen-bond donors (Lipinski definition) is 1. The van der Waals surface area contributed by atoms with Gasteiger partial charge in [0.1, 0.15) is 6.61 Å². The summed E-state index contributed by atoms with van der Waals surface area (Å²) in [6, 6.07) is 1.95. The van der Waals surface area contributed by atoms with Gasteiger partial charge in [-0.1, -0.05) is 12.1 Å². The highest BCUT2D eigenvalue weighted by atomic mass is 32.1. The maximum absolute atomic E-state index is 5.61. The van der Waals surface area contributed by atoms with Crippen LogP contribution < -0.4 is 5.32 Å². The fourth-order valence-electron chi connectivity index (χ4n) is 1.80. The zero-order valence-electron chi connectivity index (χ0n) is 12.0. The molecular weight excluding hydrogens is 274 g/mol. The second kappa shape index (κ2) is 8.14. The van der Waals surface area contributed by atoms with E-state index in [9.17, 15) is 0 Å². The molecule has 6 heteroatoms. The Bertz CT molecular complexity index is 510. The second-order valence-corrected chi connectivity index (χ2v) is 5.56. The summed E-state index contributed by atoms with van der Waals surface area (Å²) in [6.07, 6.45) is 2.01. The monoisotopic (exact) mass is 295 g/mol. The number of thiazole rings is 1. The highest BCUT2D eigenvalue weighted by molar-refractivity contribution is 7.09. The maximum Gasteiger partial charge on any atom is 0.162 e. The summed E-state index contributed by atoms with van der Waals surface area (Å²) in [7, 11) is 0. The van der Waals surface area contributed by atoms with Gasteiger partial charge in [-0.3, -0.25) is 0 Å². The van der Waals surface area contributed by atoms with Crippen molar-refractivity contribution in [2.75, 3.05) is 13.2 Å². The zero-order chi connectivity index (χ0) is 14.2. The third-order valence-electron chi connectivity index (χ3n) is 2.90. The molecule has 0 aliphatic carbocycles. The molecule has 20 heavy (non-hydrogen) atoms. The molecule has 0 fully saturated rings. The Morgan fingerprint density at radius 1 is 1.45 bits per heavy atom. The molecule has 2 aromatic rings. The predicted molar refractivity (Wildman–Crippen MR) is 78.7 cm³/mol. The van der Waals surface area contributed by atoms with Crippen molar-refractivity contribution in [2.45, 2.75) is 39.8 Å². The van der Waals surface area contributed by atoms with E-state index in [4.69, 9.17) is 9.26 Å². The Hall–Kier alpha value is -1.24. The summed E-state index contributed by atoms with van der Waals surface area (Å²) in [5, 5.41) is 7.29. The molecule has 0 atom stereocenters. The van der Waals surface area contributed by atoms with Gasteiger partial charge in [0.15, 0.2) is 5.76 Å². The van der Waals surface area contributed by atoms with Gasteiger partial charge in [-0.05, 0) is 19.9 Å². The Balaban J connectivity index is 1.65. The summed E-state index contributed by atoms with van der Waals surface area (Å²) in [5.74, 6) is 0.777. The van der Waals surface area contributed by atoms with Gasteiger partial charge in [0.25, 0.3) is 0 Å². The topological polar surface area (TPSA) is 60.2 Å². The first-order valence-electron chi connectivity index (χ1n) is 6.91. The molecular formula is C14H21N3O2S. The van der Waals surface area contributed by atoms with Crippen LogP contribution in [-0.4, -0.2) is 23.3 Å². The third kappa shape index (κ3) is 4.70. The Morgan fingerprint density at radius 3 is 3.10 bits per heavy atom. The van der Waals surface area contributed by atoms with Crippen LogP contribution in [0.2, 0.25) is 0 Å². The smallest absolute Gasteiger partial charge is 0.162 e. The van der Waals surface area contributed by atoms with Crippen LogP contribution in [-0.2, 0) is 24.3 Å². The average molecular weight is 295 g/mol. The molecule has 0 saturated carbocycles. The molecule has 0 aliphatic heterocycles. The molecule has 2 aromatic heterocycles. The summed E-state index contributed by atoms with van der Waals surface area (Å²) >= 11 is 1.68. The molecule has 2 rings (SSSR count). The highest BCUT2D eigenvalue weighted by Gasteiger charge is 2.05. The van der Waals surface area contributed by atoms with Crippen molar-refractivity contribution in [3.63, 3.8) is 0 Å². The van der Waals surface area contributed by atoms with Crippen LogP contribution in [0.4, 0.5) is 0 Å². The largest absolute Gasteiger partial charge is 0.373 e. The highest BCUT2D eigenvalue weighted by Crippen LogP contribution is 2.13. The number of aryl methyl sites for hydroxylation is 1. The van der Waals surface area contributed by atoms with Crippen molar-refractivity contribution >= 4 is 11.3 Å². The predicted octanol–water partition coefficient (Wildman–Crippen LogP) is 2.70. The van der Waals surface area contributed by atoms with Gasteiger partial charge in [0.05, 0.1) is 23.5 Å². The summed E-state index contributed by atoms with van der Waals surface area (Å²) in [5.41, 5.74) is 3.90. The number of aromatic nitrogens is 2.